The molecular weight excluding hydrogens is 199 g/mol. The average Bonchev–Trinajstić information content (AvgIpc) is 2.17. The Morgan fingerprint density at radius 1 is 1.00 bits per heavy atom. The molecule has 0 aliphatic carbocycles. The molecule has 0 heterocycles. The minimum Gasteiger partial charge on any atom is -0.491 e. The molecule has 1 aromatic rings. The molecular formula is C8H8F3NO2. The first-order valence-corrected chi connectivity index (χ1v) is 3.62. The van der Waals surface area contributed by atoms with Gasteiger partial charge in [0.25, 0.3) is 0 Å². The minimum absolute atomic E-state index is 0.247. The molecule has 14 heavy (non-hydrogen) atoms. The molecule has 0 bridgehead atoms. The van der Waals surface area contributed by atoms with E-state index in [1.165, 1.54) is 6.92 Å². The maximum absolute atomic E-state index is 13.2. The second-order valence-corrected chi connectivity index (χ2v) is 2.55. The van der Waals surface area contributed by atoms with Crippen LogP contribution < -0.4 is 15.5 Å². The Balaban J connectivity index is 3.55. The number of benzene rings is 1. The van der Waals surface area contributed by atoms with Gasteiger partial charge in [0.2, 0.25) is 11.6 Å². The Kier molecular flexibility index (Phi) is 2.85. The third kappa shape index (κ3) is 1.37. The van der Waals surface area contributed by atoms with E-state index in [-0.39, 0.29) is 5.56 Å². The normalized spacial score (nSPS) is 10.1. The predicted molar refractivity (Wildman–Crippen MR) is 42.4 cm³/mol. The van der Waals surface area contributed by atoms with E-state index in [0.717, 1.165) is 7.11 Å². The van der Waals surface area contributed by atoms with Crippen LogP contribution in [-0.4, -0.2) is 7.11 Å². The van der Waals surface area contributed by atoms with Gasteiger partial charge in [-0.05, 0) is 6.92 Å². The van der Waals surface area contributed by atoms with Gasteiger partial charge in [-0.1, -0.05) is 0 Å². The monoisotopic (exact) mass is 207 g/mol. The van der Waals surface area contributed by atoms with E-state index >= 15 is 0 Å². The zero-order valence-electron chi connectivity index (χ0n) is 7.53. The summed E-state index contributed by atoms with van der Waals surface area (Å²) < 4.78 is 43.7. The van der Waals surface area contributed by atoms with Gasteiger partial charge in [0, 0.05) is 5.56 Å². The van der Waals surface area contributed by atoms with Gasteiger partial charge in [0.1, 0.15) is 0 Å². The molecule has 0 radical (unpaired) electrons. The fourth-order valence-electron chi connectivity index (χ4n) is 1.05. The smallest absolute Gasteiger partial charge is 0.207 e. The Morgan fingerprint density at radius 3 is 1.93 bits per heavy atom. The van der Waals surface area contributed by atoms with Crippen molar-refractivity contribution in [2.45, 2.75) is 6.92 Å². The molecule has 0 unspecified atom stereocenters. The zero-order valence-corrected chi connectivity index (χ0v) is 7.53. The van der Waals surface area contributed by atoms with Gasteiger partial charge in [-0.15, -0.1) is 0 Å². The van der Waals surface area contributed by atoms with E-state index in [2.05, 4.69) is 15.5 Å². The van der Waals surface area contributed by atoms with Crippen LogP contribution in [0, 0.1) is 24.4 Å². The number of halogens is 3. The van der Waals surface area contributed by atoms with Crippen LogP contribution in [-0.2, 0) is 0 Å². The van der Waals surface area contributed by atoms with Crippen LogP contribution in [0.5, 0.6) is 11.5 Å². The lowest BCUT2D eigenvalue weighted by Gasteiger charge is -2.10. The quantitative estimate of drug-likeness (QED) is 0.592. The van der Waals surface area contributed by atoms with E-state index in [9.17, 15) is 13.2 Å². The van der Waals surface area contributed by atoms with Gasteiger partial charge in [-0.25, -0.2) is 4.39 Å². The highest BCUT2D eigenvalue weighted by Crippen LogP contribution is 2.34. The molecule has 0 saturated heterocycles. The molecule has 2 N–H and O–H groups in total. The van der Waals surface area contributed by atoms with Crippen LogP contribution in [0.25, 0.3) is 0 Å². The molecule has 1 aromatic carbocycles. The van der Waals surface area contributed by atoms with Gasteiger partial charge < -0.3 is 9.57 Å². The number of methoxy groups -OCH3 is 1. The summed E-state index contributed by atoms with van der Waals surface area (Å²) in [6.45, 7) is 1.20. The fourth-order valence-corrected chi connectivity index (χ4v) is 1.05. The minimum atomic E-state index is -1.46. The highest BCUT2D eigenvalue weighted by atomic mass is 19.2. The van der Waals surface area contributed by atoms with Crippen molar-refractivity contribution in [3.8, 4) is 11.5 Å². The molecule has 0 aliphatic heterocycles. The first kappa shape index (κ1) is 10.6. The second-order valence-electron chi connectivity index (χ2n) is 2.55. The summed E-state index contributed by atoms with van der Waals surface area (Å²) in [6, 6.07) is 0. The largest absolute Gasteiger partial charge is 0.491 e. The van der Waals surface area contributed by atoms with Gasteiger partial charge in [-0.3, -0.25) is 0 Å². The number of nitrogens with two attached hydrogens (primary N) is 1. The van der Waals surface area contributed by atoms with Crippen molar-refractivity contribution in [3.63, 3.8) is 0 Å². The van der Waals surface area contributed by atoms with Crippen LogP contribution in [0.3, 0.4) is 0 Å². The van der Waals surface area contributed by atoms with Gasteiger partial charge >= 0.3 is 0 Å². The standard InChI is InChI=1S/C8H8F3NO2/c1-3-4(9)8(13-2)6(11)5(10)7(3)14-12/h12H2,1-2H3. The van der Waals surface area contributed by atoms with Gasteiger partial charge in [0.15, 0.2) is 17.3 Å². The van der Waals surface area contributed by atoms with Crippen LogP contribution in [0.1, 0.15) is 5.56 Å². The Bertz CT molecular complexity index is 304. The molecule has 0 spiro atoms. The third-order valence-corrected chi connectivity index (χ3v) is 1.78. The Morgan fingerprint density at radius 2 is 1.50 bits per heavy atom. The van der Waals surface area contributed by atoms with Crippen LogP contribution in [0.15, 0.2) is 0 Å². The number of ether oxygens (including phenoxy) is 1. The highest BCUT2D eigenvalue weighted by Gasteiger charge is 2.24. The van der Waals surface area contributed by atoms with Gasteiger partial charge in [0.05, 0.1) is 7.11 Å². The average molecular weight is 207 g/mol. The first-order chi connectivity index (χ1) is 6.54. The van der Waals surface area contributed by atoms with Crippen molar-refractivity contribution in [1.29, 1.82) is 0 Å². The number of hydrogen-bond donors (Lipinski definition) is 1. The Hall–Kier alpha value is -1.43. The summed E-state index contributed by atoms with van der Waals surface area (Å²) >= 11 is 0. The van der Waals surface area contributed by atoms with Crippen molar-refractivity contribution >= 4 is 0 Å². The molecule has 0 aromatic heterocycles. The summed E-state index contributed by atoms with van der Waals surface area (Å²) in [4.78, 5) is 4.03. The van der Waals surface area contributed by atoms with Crippen molar-refractivity contribution in [1.82, 2.24) is 0 Å². The van der Waals surface area contributed by atoms with Crippen molar-refractivity contribution in [2.24, 2.45) is 5.90 Å². The van der Waals surface area contributed by atoms with Crippen molar-refractivity contribution in [3.05, 3.63) is 23.0 Å². The lowest BCUT2D eigenvalue weighted by molar-refractivity contribution is 0.288. The number of rotatable bonds is 2. The summed E-state index contributed by atoms with van der Waals surface area (Å²) in [5.74, 6) is -0.660. The van der Waals surface area contributed by atoms with Crippen molar-refractivity contribution in [2.75, 3.05) is 7.11 Å². The molecule has 0 amide bonds. The van der Waals surface area contributed by atoms with E-state index in [1.54, 1.807) is 0 Å². The molecule has 0 atom stereocenters. The summed E-state index contributed by atoms with van der Waals surface area (Å²) in [5, 5.41) is 0. The summed E-state index contributed by atoms with van der Waals surface area (Å²) in [6.07, 6.45) is 0. The maximum atomic E-state index is 13.2. The predicted octanol–water partition coefficient (Wildman–Crippen LogP) is 1.67. The third-order valence-electron chi connectivity index (χ3n) is 1.78. The van der Waals surface area contributed by atoms with E-state index in [1.807, 2.05) is 0 Å². The lowest BCUT2D eigenvalue weighted by Crippen LogP contribution is -2.09. The lowest BCUT2D eigenvalue weighted by atomic mass is 10.2. The molecule has 3 nitrogen and oxygen atoms in total. The summed E-state index contributed by atoms with van der Waals surface area (Å²) in [7, 11) is 1.03. The van der Waals surface area contributed by atoms with E-state index in [4.69, 9.17) is 0 Å². The van der Waals surface area contributed by atoms with Gasteiger partial charge in [-0.2, -0.15) is 14.7 Å². The van der Waals surface area contributed by atoms with E-state index in [0.29, 0.717) is 0 Å². The van der Waals surface area contributed by atoms with Crippen LogP contribution >= 0.6 is 0 Å². The van der Waals surface area contributed by atoms with Crippen LogP contribution in [0.2, 0.25) is 0 Å². The molecule has 0 aliphatic rings. The van der Waals surface area contributed by atoms with Crippen LogP contribution in [0.4, 0.5) is 13.2 Å². The zero-order chi connectivity index (χ0) is 10.9. The first-order valence-electron chi connectivity index (χ1n) is 3.62. The Labute approximate surface area is 78.2 Å². The molecule has 1 rings (SSSR count). The molecule has 78 valence electrons. The number of hydrogen-bond acceptors (Lipinski definition) is 3. The highest BCUT2D eigenvalue weighted by molar-refractivity contribution is 5.43. The second kappa shape index (κ2) is 3.75. The SMILES string of the molecule is COc1c(F)c(C)c(ON)c(F)c1F. The summed E-state index contributed by atoms with van der Waals surface area (Å²) in [5.41, 5.74) is -0.247. The molecule has 0 fully saturated rings. The molecule has 0 saturated carbocycles. The van der Waals surface area contributed by atoms with Crippen molar-refractivity contribution < 1.29 is 22.7 Å². The molecule has 6 heteroatoms. The fraction of sp³-hybridized carbons (Fsp3) is 0.250. The maximum Gasteiger partial charge on any atom is 0.207 e. The topological polar surface area (TPSA) is 44.5 Å². The van der Waals surface area contributed by atoms with E-state index < -0.39 is 29.0 Å².